The van der Waals surface area contributed by atoms with Gasteiger partial charge < -0.3 is 14.8 Å². The lowest BCUT2D eigenvalue weighted by Crippen LogP contribution is -2.23. The average Bonchev–Trinajstić information content (AvgIpc) is 3.29. The molecule has 0 radical (unpaired) electrons. The molecule has 0 spiro atoms. The molecule has 180 valence electrons. The zero-order valence-corrected chi connectivity index (χ0v) is 19.3. The third-order valence-electron chi connectivity index (χ3n) is 4.95. The van der Waals surface area contributed by atoms with Crippen LogP contribution in [0.1, 0.15) is 32.9 Å². The fourth-order valence-corrected chi connectivity index (χ4v) is 3.83. The maximum Gasteiger partial charge on any atom is 0.416 e. The Morgan fingerprint density at radius 2 is 1.71 bits per heavy atom. The number of amides is 1. The minimum Gasteiger partial charge on any atom is -0.497 e. The predicted molar refractivity (Wildman–Crippen MR) is 125 cm³/mol. The van der Waals surface area contributed by atoms with Crippen LogP contribution in [0.15, 0.2) is 72.8 Å². The summed E-state index contributed by atoms with van der Waals surface area (Å²) in [5.74, 6) is 1.29. The molecule has 0 aliphatic carbocycles. The summed E-state index contributed by atoms with van der Waals surface area (Å²) in [6.45, 7) is -0.0438. The fraction of sp³-hybridized carbons (Fsp3) is 0.160. The van der Waals surface area contributed by atoms with E-state index < -0.39 is 17.6 Å². The molecule has 1 N–H and O–H groups in total. The molecule has 0 saturated heterocycles. The van der Waals surface area contributed by atoms with Crippen LogP contribution in [0.25, 0.3) is 0 Å². The minimum atomic E-state index is -4.44. The number of halogens is 3. The summed E-state index contributed by atoms with van der Waals surface area (Å²) < 4.78 is 53.9. The van der Waals surface area contributed by atoms with E-state index in [1.165, 1.54) is 18.2 Å². The summed E-state index contributed by atoms with van der Waals surface area (Å²) in [7, 11) is 1.60. The van der Waals surface area contributed by atoms with Gasteiger partial charge in [0.15, 0.2) is 5.82 Å². The van der Waals surface area contributed by atoms with Crippen LogP contribution in [0.4, 0.5) is 13.2 Å². The van der Waals surface area contributed by atoms with Gasteiger partial charge in [-0.15, -0.1) is 0 Å². The number of nitrogens with zero attached hydrogens (tertiary/aromatic N) is 2. The highest BCUT2D eigenvalue weighted by atomic mass is 32.1. The third kappa shape index (κ3) is 6.57. The van der Waals surface area contributed by atoms with E-state index in [9.17, 15) is 18.0 Å². The molecule has 4 aromatic rings. The number of hydrogen-bond donors (Lipinski definition) is 1. The molecule has 0 atom stereocenters. The zero-order valence-electron chi connectivity index (χ0n) is 18.5. The molecule has 0 aliphatic heterocycles. The highest BCUT2D eigenvalue weighted by Crippen LogP contribution is 2.29. The number of methoxy groups -OCH3 is 1. The van der Waals surface area contributed by atoms with Crippen LogP contribution < -0.4 is 14.8 Å². The van der Waals surface area contributed by atoms with E-state index in [1.807, 2.05) is 24.3 Å². The van der Waals surface area contributed by atoms with Crippen molar-refractivity contribution in [3.05, 3.63) is 101 Å². The van der Waals surface area contributed by atoms with Crippen molar-refractivity contribution < 1.29 is 27.4 Å². The van der Waals surface area contributed by atoms with Crippen LogP contribution in [-0.2, 0) is 19.1 Å². The van der Waals surface area contributed by atoms with Gasteiger partial charge in [0.1, 0.15) is 11.5 Å². The van der Waals surface area contributed by atoms with Gasteiger partial charge in [0.2, 0.25) is 0 Å². The Kier molecular flexibility index (Phi) is 7.31. The van der Waals surface area contributed by atoms with Crippen molar-refractivity contribution in [1.82, 2.24) is 14.7 Å². The second-order valence-corrected chi connectivity index (χ2v) is 8.23. The molecule has 4 rings (SSSR count). The highest BCUT2D eigenvalue weighted by Gasteiger charge is 2.30. The van der Waals surface area contributed by atoms with Crippen molar-refractivity contribution in [3.8, 4) is 16.7 Å². The van der Waals surface area contributed by atoms with Gasteiger partial charge in [-0.25, -0.2) is 0 Å². The lowest BCUT2D eigenvalue weighted by molar-refractivity contribution is -0.137. The molecule has 0 fully saturated rings. The highest BCUT2D eigenvalue weighted by molar-refractivity contribution is 7.07. The molecule has 0 unspecified atom stereocenters. The molecule has 1 heterocycles. The molecular formula is C25H20F3N3O3S. The lowest BCUT2D eigenvalue weighted by Gasteiger charge is -2.10. The summed E-state index contributed by atoms with van der Waals surface area (Å²) in [6.07, 6.45) is -3.93. The van der Waals surface area contributed by atoms with Crippen LogP contribution in [0.5, 0.6) is 16.7 Å². The SMILES string of the molecule is COc1cccc(Cc2nsc(Oc3cccc(C(=O)NCc4cccc(C(F)(F)F)c4)c3)n2)c1. The molecular weight excluding hydrogens is 479 g/mol. The summed E-state index contributed by atoms with van der Waals surface area (Å²) in [4.78, 5) is 16.9. The van der Waals surface area contributed by atoms with E-state index in [0.29, 0.717) is 34.3 Å². The Morgan fingerprint density at radius 3 is 2.51 bits per heavy atom. The normalized spacial score (nSPS) is 11.2. The zero-order chi connectivity index (χ0) is 24.8. The van der Waals surface area contributed by atoms with Crippen molar-refractivity contribution in [2.45, 2.75) is 19.1 Å². The van der Waals surface area contributed by atoms with Gasteiger partial charge in [-0.05, 0) is 53.6 Å². The first-order chi connectivity index (χ1) is 16.8. The number of ether oxygens (including phenoxy) is 2. The Balaban J connectivity index is 1.37. The Labute approximate surface area is 203 Å². The van der Waals surface area contributed by atoms with Crippen molar-refractivity contribution in [3.63, 3.8) is 0 Å². The lowest BCUT2D eigenvalue weighted by atomic mass is 10.1. The minimum absolute atomic E-state index is 0.0438. The van der Waals surface area contributed by atoms with Gasteiger partial charge in [-0.3, -0.25) is 4.79 Å². The second-order valence-electron chi connectivity index (χ2n) is 7.52. The molecule has 6 nitrogen and oxygen atoms in total. The van der Waals surface area contributed by atoms with Crippen LogP contribution in [0.3, 0.4) is 0 Å². The number of nitrogens with one attached hydrogen (secondary N) is 1. The van der Waals surface area contributed by atoms with E-state index >= 15 is 0 Å². The van der Waals surface area contributed by atoms with Crippen molar-refractivity contribution >= 4 is 17.4 Å². The van der Waals surface area contributed by atoms with Crippen molar-refractivity contribution in [2.75, 3.05) is 7.11 Å². The van der Waals surface area contributed by atoms with Gasteiger partial charge in [-0.1, -0.05) is 30.3 Å². The number of carbonyl (C=O) groups is 1. The summed E-state index contributed by atoms with van der Waals surface area (Å²) >= 11 is 1.09. The third-order valence-corrected chi connectivity index (χ3v) is 5.59. The van der Waals surface area contributed by atoms with Crippen molar-refractivity contribution in [2.24, 2.45) is 0 Å². The quantitative estimate of drug-likeness (QED) is 0.328. The molecule has 3 aromatic carbocycles. The van der Waals surface area contributed by atoms with Crippen molar-refractivity contribution in [1.29, 1.82) is 0 Å². The number of carbonyl (C=O) groups excluding carboxylic acids is 1. The predicted octanol–water partition coefficient (Wildman–Crippen LogP) is 5.88. The van der Waals surface area contributed by atoms with Gasteiger partial charge in [-0.2, -0.15) is 22.5 Å². The Hall–Kier alpha value is -3.92. The van der Waals surface area contributed by atoms with Crippen LogP contribution in [0, 0.1) is 0 Å². The summed E-state index contributed by atoms with van der Waals surface area (Å²) in [6, 6.07) is 18.9. The standard InChI is InChI=1S/C25H20F3N3O3S/c1-33-20-9-3-5-16(12-20)13-22-30-24(35-31-22)34-21-10-4-7-18(14-21)23(32)29-15-17-6-2-8-19(11-17)25(26,27)28/h2-12,14H,13,15H2,1H3,(H,29,32). The van der Waals surface area contributed by atoms with E-state index in [4.69, 9.17) is 9.47 Å². The van der Waals surface area contributed by atoms with E-state index in [-0.39, 0.29) is 6.54 Å². The van der Waals surface area contributed by atoms with Crippen LogP contribution in [-0.4, -0.2) is 22.4 Å². The van der Waals surface area contributed by atoms with E-state index in [0.717, 1.165) is 35.0 Å². The molecule has 0 saturated carbocycles. The smallest absolute Gasteiger partial charge is 0.416 e. The van der Waals surface area contributed by atoms with Crippen LogP contribution >= 0.6 is 11.5 Å². The number of benzene rings is 3. The van der Waals surface area contributed by atoms with Gasteiger partial charge in [0.05, 0.1) is 12.7 Å². The topological polar surface area (TPSA) is 73.3 Å². The second kappa shape index (κ2) is 10.6. The van der Waals surface area contributed by atoms with Gasteiger partial charge >= 0.3 is 6.18 Å². The molecule has 10 heteroatoms. The molecule has 1 aromatic heterocycles. The molecule has 0 bridgehead atoms. The fourth-order valence-electron chi connectivity index (χ4n) is 3.26. The Morgan fingerprint density at radius 1 is 0.971 bits per heavy atom. The molecule has 35 heavy (non-hydrogen) atoms. The summed E-state index contributed by atoms with van der Waals surface area (Å²) in [5.41, 5.74) is 0.879. The number of aromatic nitrogens is 2. The number of alkyl halides is 3. The number of rotatable bonds is 8. The average molecular weight is 500 g/mol. The molecule has 1 amide bonds. The summed E-state index contributed by atoms with van der Waals surface area (Å²) in [5, 5.41) is 2.95. The maximum absolute atomic E-state index is 12.9. The van der Waals surface area contributed by atoms with Gasteiger partial charge in [0, 0.05) is 30.1 Å². The first-order valence-corrected chi connectivity index (χ1v) is 11.3. The first kappa shape index (κ1) is 24.2. The monoisotopic (exact) mass is 499 g/mol. The number of hydrogen-bond acceptors (Lipinski definition) is 6. The van der Waals surface area contributed by atoms with Gasteiger partial charge in [0.25, 0.3) is 11.1 Å². The van der Waals surface area contributed by atoms with E-state index in [2.05, 4.69) is 14.7 Å². The first-order valence-electron chi connectivity index (χ1n) is 10.5. The maximum atomic E-state index is 12.9. The largest absolute Gasteiger partial charge is 0.497 e. The van der Waals surface area contributed by atoms with E-state index in [1.54, 1.807) is 25.3 Å². The van der Waals surface area contributed by atoms with Crippen LogP contribution in [0.2, 0.25) is 0 Å². The molecule has 0 aliphatic rings. The Bertz CT molecular complexity index is 1320.